The second-order valence-corrected chi connectivity index (χ2v) is 5.12. The minimum Gasteiger partial charge on any atom is -0.507 e. The van der Waals surface area contributed by atoms with E-state index in [-0.39, 0.29) is 11.7 Å². The Morgan fingerprint density at radius 2 is 1.77 bits per heavy atom. The smallest absolute Gasteiger partial charge is 0.278 e. The fourth-order valence-corrected chi connectivity index (χ4v) is 2.37. The number of rotatable bonds is 3. The van der Waals surface area contributed by atoms with Crippen LogP contribution in [0.4, 0.5) is 0 Å². The fraction of sp³-hybridized carbons (Fsp3) is 0.111. The van der Waals surface area contributed by atoms with Crippen LogP contribution in [-0.4, -0.2) is 21.7 Å². The number of benzene rings is 2. The van der Waals surface area contributed by atoms with Crippen molar-refractivity contribution in [1.82, 2.24) is 4.90 Å². The number of carbonyl (C=O) groups excluding carboxylic acids is 1. The lowest BCUT2D eigenvalue weighted by molar-refractivity contribution is -0.123. The number of hydrogen-bond acceptors (Lipinski definition) is 3. The summed E-state index contributed by atoms with van der Waals surface area (Å²) in [6.45, 7) is 2.31. The highest BCUT2D eigenvalue weighted by molar-refractivity contribution is 6.13. The summed E-state index contributed by atoms with van der Waals surface area (Å²) in [5.41, 5.74) is 1.98. The predicted octanol–water partition coefficient (Wildman–Crippen LogP) is 3.19. The van der Waals surface area contributed by atoms with E-state index in [1.165, 1.54) is 0 Å². The molecular weight excluding hydrogens is 276 g/mol. The van der Waals surface area contributed by atoms with Crippen LogP contribution in [-0.2, 0) is 11.3 Å². The van der Waals surface area contributed by atoms with Crippen LogP contribution in [0.2, 0.25) is 0 Å². The Labute approximate surface area is 129 Å². The maximum absolute atomic E-state index is 12.5. The molecule has 4 nitrogen and oxygen atoms in total. The van der Waals surface area contributed by atoms with Crippen LogP contribution < -0.4 is 0 Å². The highest BCUT2D eigenvalue weighted by Gasteiger charge is 2.27. The van der Waals surface area contributed by atoms with Gasteiger partial charge in [-0.15, -0.1) is 0 Å². The van der Waals surface area contributed by atoms with Gasteiger partial charge in [-0.3, -0.25) is 9.69 Å². The van der Waals surface area contributed by atoms with Gasteiger partial charge in [0.1, 0.15) is 17.3 Å². The quantitative estimate of drug-likeness (QED) is 0.883. The number of hydrogen-bond donors (Lipinski definition) is 1. The summed E-state index contributed by atoms with van der Waals surface area (Å²) in [4.78, 5) is 18.5. The minimum absolute atomic E-state index is 0.136. The molecule has 0 saturated carbocycles. The van der Waals surface area contributed by atoms with Crippen molar-refractivity contribution in [2.75, 3.05) is 0 Å². The van der Waals surface area contributed by atoms with Crippen LogP contribution in [0, 0.1) is 0 Å². The van der Waals surface area contributed by atoms with Gasteiger partial charge >= 0.3 is 0 Å². The number of phenolic OH excluding ortho intramolecular Hbond substituents is 1. The van der Waals surface area contributed by atoms with E-state index in [1.807, 2.05) is 43.3 Å². The van der Waals surface area contributed by atoms with Crippen molar-refractivity contribution in [1.29, 1.82) is 0 Å². The number of phenols is 1. The third-order valence-electron chi connectivity index (χ3n) is 3.55. The van der Waals surface area contributed by atoms with Crippen molar-refractivity contribution >= 4 is 17.8 Å². The van der Waals surface area contributed by atoms with Gasteiger partial charge in [-0.05, 0) is 24.6 Å². The number of para-hydroxylation sites is 1. The van der Waals surface area contributed by atoms with Crippen molar-refractivity contribution in [3.63, 3.8) is 0 Å². The van der Waals surface area contributed by atoms with Crippen molar-refractivity contribution in [3.8, 4) is 5.75 Å². The zero-order valence-corrected chi connectivity index (χ0v) is 12.2. The van der Waals surface area contributed by atoms with Crippen LogP contribution >= 0.6 is 0 Å². The van der Waals surface area contributed by atoms with Gasteiger partial charge in [0.05, 0.1) is 6.54 Å². The standard InChI is InChI=1S/C18H16N2O2/c1-13-19-16(11-15-9-5-6-10-17(15)21)18(22)20(13)12-14-7-3-2-4-8-14/h2-11,21H,12H2,1H3. The van der Waals surface area contributed by atoms with E-state index in [0.29, 0.717) is 23.6 Å². The molecule has 1 amide bonds. The van der Waals surface area contributed by atoms with Gasteiger partial charge in [-0.1, -0.05) is 48.5 Å². The average molecular weight is 292 g/mol. The summed E-state index contributed by atoms with van der Waals surface area (Å²) in [6, 6.07) is 16.7. The van der Waals surface area contributed by atoms with E-state index in [0.717, 1.165) is 5.56 Å². The number of carbonyl (C=O) groups is 1. The molecule has 2 aromatic rings. The molecule has 3 rings (SSSR count). The van der Waals surface area contributed by atoms with Crippen molar-refractivity contribution in [2.45, 2.75) is 13.5 Å². The molecule has 0 aliphatic carbocycles. The summed E-state index contributed by atoms with van der Waals surface area (Å²) in [6.07, 6.45) is 1.62. The second kappa shape index (κ2) is 5.85. The molecule has 0 spiro atoms. The Morgan fingerprint density at radius 1 is 1.09 bits per heavy atom. The molecule has 4 heteroatoms. The lowest BCUT2D eigenvalue weighted by atomic mass is 10.1. The first-order chi connectivity index (χ1) is 10.6. The predicted molar refractivity (Wildman–Crippen MR) is 86.2 cm³/mol. The van der Waals surface area contributed by atoms with Gasteiger partial charge in [-0.2, -0.15) is 0 Å². The molecule has 0 radical (unpaired) electrons. The molecule has 0 fully saturated rings. The molecule has 1 aliphatic rings. The number of aromatic hydroxyl groups is 1. The summed E-state index contributed by atoms with van der Waals surface area (Å²) >= 11 is 0. The normalized spacial score (nSPS) is 16.2. The number of aliphatic imine (C=N–C) groups is 1. The molecule has 1 heterocycles. The van der Waals surface area contributed by atoms with Crippen molar-refractivity contribution < 1.29 is 9.90 Å². The Balaban J connectivity index is 1.86. The lowest BCUT2D eigenvalue weighted by Gasteiger charge is -2.15. The van der Waals surface area contributed by atoms with Gasteiger partial charge in [0.25, 0.3) is 5.91 Å². The Hall–Kier alpha value is -2.88. The zero-order chi connectivity index (χ0) is 15.5. The first kappa shape index (κ1) is 14.1. The lowest BCUT2D eigenvalue weighted by Crippen LogP contribution is -2.29. The second-order valence-electron chi connectivity index (χ2n) is 5.12. The van der Waals surface area contributed by atoms with Gasteiger partial charge < -0.3 is 5.11 Å². The molecule has 2 aromatic carbocycles. The van der Waals surface area contributed by atoms with E-state index in [9.17, 15) is 9.90 Å². The summed E-state index contributed by atoms with van der Waals surface area (Å²) in [7, 11) is 0. The van der Waals surface area contributed by atoms with Gasteiger partial charge in [0.2, 0.25) is 0 Å². The summed E-state index contributed by atoms with van der Waals surface area (Å²) in [5.74, 6) is 0.650. The molecule has 1 N–H and O–H groups in total. The van der Waals surface area contributed by atoms with Crippen LogP contribution in [0.25, 0.3) is 6.08 Å². The number of amides is 1. The molecule has 0 saturated heterocycles. The maximum Gasteiger partial charge on any atom is 0.278 e. The molecule has 22 heavy (non-hydrogen) atoms. The highest BCUT2D eigenvalue weighted by atomic mass is 16.3. The van der Waals surface area contributed by atoms with E-state index < -0.39 is 0 Å². The topological polar surface area (TPSA) is 52.9 Å². The summed E-state index contributed by atoms with van der Waals surface area (Å²) < 4.78 is 0. The van der Waals surface area contributed by atoms with E-state index >= 15 is 0 Å². The van der Waals surface area contributed by atoms with Crippen molar-refractivity contribution in [2.24, 2.45) is 4.99 Å². The van der Waals surface area contributed by atoms with Gasteiger partial charge in [-0.25, -0.2) is 4.99 Å². The van der Waals surface area contributed by atoms with Crippen molar-refractivity contribution in [3.05, 3.63) is 71.4 Å². The van der Waals surface area contributed by atoms with Crippen LogP contribution in [0.15, 0.2) is 65.3 Å². The number of amidine groups is 1. The first-order valence-corrected chi connectivity index (χ1v) is 7.06. The Kier molecular flexibility index (Phi) is 3.74. The molecule has 0 atom stereocenters. The van der Waals surface area contributed by atoms with Crippen LogP contribution in [0.1, 0.15) is 18.1 Å². The molecule has 0 aromatic heterocycles. The molecular formula is C18H16N2O2. The first-order valence-electron chi connectivity index (χ1n) is 7.06. The SMILES string of the molecule is CC1=NC(=Cc2ccccc2O)C(=O)N1Cc1ccccc1. The largest absolute Gasteiger partial charge is 0.507 e. The monoisotopic (exact) mass is 292 g/mol. The third kappa shape index (κ3) is 2.76. The van der Waals surface area contributed by atoms with Crippen LogP contribution in [0.3, 0.4) is 0 Å². The Bertz CT molecular complexity index is 764. The van der Waals surface area contributed by atoms with Gasteiger partial charge in [0.15, 0.2) is 0 Å². The molecule has 0 unspecified atom stereocenters. The molecule has 1 aliphatic heterocycles. The van der Waals surface area contributed by atoms with E-state index in [1.54, 1.807) is 29.2 Å². The average Bonchev–Trinajstić information content (AvgIpc) is 2.78. The minimum atomic E-state index is -0.149. The fourth-order valence-electron chi connectivity index (χ4n) is 2.37. The van der Waals surface area contributed by atoms with E-state index in [4.69, 9.17) is 0 Å². The van der Waals surface area contributed by atoms with E-state index in [2.05, 4.69) is 4.99 Å². The third-order valence-corrected chi connectivity index (χ3v) is 3.55. The Morgan fingerprint density at radius 3 is 2.50 bits per heavy atom. The van der Waals surface area contributed by atoms with Crippen LogP contribution in [0.5, 0.6) is 5.75 Å². The maximum atomic E-state index is 12.5. The summed E-state index contributed by atoms with van der Waals surface area (Å²) in [5, 5.41) is 9.81. The highest BCUT2D eigenvalue weighted by Crippen LogP contribution is 2.24. The van der Waals surface area contributed by atoms with Gasteiger partial charge in [0, 0.05) is 5.56 Å². The molecule has 0 bridgehead atoms. The number of nitrogens with zero attached hydrogens (tertiary/aromatic N) is 2. The zero-order valence-electron chi connectivity index (χ0n) is 12.2. The molecule has 110 valence electrons.